The minimum Gasteiger partial charge on any atom is -0.393 e. The van der Waals surface area contributed by atoms with Gasteiger partial charge >= 0.3 is 0 Å². The summed E-state index contributed by atoms with van der Waals surface area (Å²) in [6.45, 7) is 4.54. The van der Waals surface area contributed by atoms with E-state index in [-0.39, 0.29) is 12.2 Å². The van der Waals surface area contributed by atoms with Gasteiger partial charge in [0.1, 0.15) is 0 Å². The van der Waals surface area contributed by atoms with Crippen LogP contribution in [0.1, 0.15) is 38.4 Å². The van der Waals surface area contributed by atoms with E-state index in [0.717, 1.165) is 24.9 Å². The Labute approximate surface area is 85.0 Å². The molecule has 0 aliphatic rings. The lowest BCUT2D eigenvalue weighted by atomic mass is 10.1. The predicted octanol–water partition coefficient (Wildman–Crippen LogP) is 1.70. The van der Waals surface area contributed by atoms with Crippen LogP contribution >= 0.6 is 0 Å². The molecule has 2 atom stereocenters. The molecular weight excluding hydrogens is 178 g/mol. The van der Waals surface area contributed by atoms with E-state index in [0.29, 0.717) is 0 Å². The Balaban J connectivity index is 2.50. The van der Waals surface area contributed by atoms with E-state index in [2.05, 4.69) is 0 Å². The van der Waals surface area contributed by atoms with Gasteiger partial charge in [-0.2, -0.15) is 0 Å². The van der Waals surface area contributed by atoms with Gasteiger partial charge in [-0.3, -0.25) is 0 Å². The van der Waals surface area contributed by atoms with Crippen LogP contribution in [0.5, 0.6) is 0 Å². The van der Waals surface area contributed by atoms with Crippen LogP contribution in [0.25, 0.3) is 0 Å². The first-order chi connectivity index (χ1) is 6.63. The Bertz CT molecular complexity index is 268. The van der Waals surface area contributed by atoms with Gasteiger partial charge in [-0.1, -0.05) is 6.92 Å². The van der Waals surface area contributed by atoms with E-state index < -0.39 is 0 Å². The van der Waals surface area contributed by atoms with Gasteiger partial charge < -0.3 is 14.8 Å². The second kappa shape index (κ2) is 5.17. The summed E-state index contributed by atoms with van der Waals surface area (Å²) >= 11 is 0. The maximum atomic E-state index is 9.56. The maximum absolute atomic E-state index is 9.56. The number of aromatic nitrogens is 1. The van der Waals surface area contributed by atoms with E-state index >= 15 is 0 Å². The molecule has 0 bridgehead atoms. The summed E-state index contributed by atoms with van der Waals surface area (Å²) in [5.41, 5.74) is 0.957. The highest BCUT2D eigenvalue weighted by molar-refractivity contribution is 5.13. The lowest BCUT2D eigenvalue weighted by Gasteiger charge is -2.06. The van der Waals surface area contributed by atoms with E-state index in [1.807, 2.05) is 30.0 Å². The van der Waals surface area contributed by atoms with Crippen LogP contribution in [-0.2, 0) is 6.54 Å². The zero-order valence-corrected chi connectivity index (χ0v) is 8.85. The summed E-state index contributed by atoms with van der Waals surface area (Å²) in [7, 11) is 0. The standard InChI is InChI=1S/C11H19NO2/c1-3-11(14)10-5-7-12(8-10)6-4-9(2)13/h5,7-9,11,13-14H,3-4,6H2,1-2H3. The largest absolute Gasteiger partial charge is 0.393 e. The van der Waals surface area contributed by atoms with Gasteiger partial charge in [-0.15, -0.1) is 0 Å². The number of hydrogen-bond donors (Lipinski definition) is 2. The molecule has 3 nitrogen and oxygen atoms in total. The molecule has 1 aromatic heterocycles. The molecule has 0 saturated carbocycles. The topological polar surface area (TPSA) is 45.4 Å². The molecule has 1 heterocycles. The fraction of sp³-hybridized carbons (Fsp3) is 0.636. The Morgan fingerprint density at radius 3 is 2.71 bits per heavy atom. The Morgan fingerprint density at radius 2 is 2.14 bits per heavy atom. The van der Waals surface area contributed by atoms with Crippen molar-refractivity contribution in [3.05, 3.63) is 24.0 Å². The lowest BCUT2D eigenvalue weighted by molar-refractivity contribution is 0.172. The van der Waals surface area contributed by atoms with Crippen LogP contribution in [0.15, 0.2) is 18.5 Å². The monoisotopic (exact) mass is 197 g/mol. The third kappa shape index (κ3) is 3.16. The lowest BCUT2D eigenvalue weighted by Crippen LogP contribution is -2.05. The summed E-state index contributed by atoms with van der Waals surface area (Å²) in [5, 5.41) is 18.7. The zero-order chi connectivity index (χ0) is 10.6. The van der Waals surface area contributed by atoms with Crippen molar-refractivity contribution in [1.29, 1.82) is 0 Å². The molecule has 0 aliphatic carbocycles. The normalized spacial score (nSPS) is 15.4. The van der Waals surface area contributed by atoms with Gasteiger partial charge in [0.2, 0.25) is 0 Å². The molecule has 0 saturated heterocycles. The predicted molar refractivity (Wildman–Crippen MR) is 56.0 cm³/mol. The first-order valence-electron chi connectivity index (χ1n) is 5.15. The Kier molecular flexibility index (Phi) is 4.17. The molecule has 2 unspecified atom stereocenters. The summed E-state index contributed by atoms with van der Waals surface area (Å²) in [5.74, 6) is 0. The molecule has 0 aromatic carbocycles. The first-order valence-corrected chi connectivity index (χ1v) is 5.15. The number of nitrogens with zero attached hydrogens (tertiary/aromatic N) is 1. The van der Waals surface area contributed by atoms with Gasteiger partial charge in [-0.25, -0.2) is 0 Å². The summed E-state index contributed by atoms with van der Waals surface area (Å²) < 4.78 is 2.00. The van der Waals surface area contributed by atoms with Gasteiger partial charge in [0.25, 0.3) is 0 Å². The van der Waals surface area contributed by atoms with E-state index in [1.54, 1.807) is 6.92 Å². The van der Waals surface area contributed by atoms with Crippen molar-refractivity contribution in [1.82, 2.24) is 4.57 Å². The van der Waals surface area contributed by atoms with Crippen molar-refractivity contribution >= 4 is 0 Å². The molecule has 0 aliphatic heterocycles. The molecule has 0 spiro atoms. The van der Waals surface area contributed by atoms with E-state index in [4.69, 9.17) is 5.11 Å². The van der Waals surface area contributed by atoms with Crippen LogP contribution in [0.3, 0.4) is 0 Å². The summed E-state index contributed by atoms with van der Waals surface area (Å²) in [6.07, 6.45) is 4.74. The number of hydrogen-bond acceptors (Lipinski definition) is 2. The fourth-order valence-corrected chi connectivity index (χ4v) is 1.37. The molecule has 14 heavy (non-hydrogen) atoms. The van der Waals surface area contributed by atoms with Gasteiger partial charge in [0.05, 0.1) is 12.2 Å². The van der Waals surface area contributed by atoms with Gasteiger partial charge in [-0.05, 0) is 31.4 Å². The third-order valence-electron chi connectivity index (χ3n) is 2.35. The average Bonchev–Trinajstić information content (AvgIpc) is 2.62. The third-order valence-corrected chi connectivity index (χ3v) is 2.35. The molecule has 1 aromatic rings. The highest BCUT2D eigenvalue weighted by atomic mass is 16.3. The van der Waals surface area contributed by atoms with Crippen LogP contribution in [0.2, 0.25) is 0 Å². The van der Waals surface area contributed by atoms with E-state index in [1.165, 1.54) is 0 Å². The highest BCUT2D eigenvalue weighted by Gasteiger charge is 2.06. The minimum absolute atomic E-state index is 0.267. The number of aryl methyl sites for hydroxylation is 1. The van der Waals surface area contributed by atoms with Gasteiger partial charge in [0, 0.05) is 18.9 Å². The number of rotatable bonds is 5. The van der Waals surface area contributed by atoms with Crippen LogP contribution in [0, 0.1) is 0 Å². The molecule has 0 fully saturated rings. The van der Waals surface area contributed by atoms with E-state index in [9.17, 15) is 5.11 Å². The summed E-state index contributed by atoms with van der Waals surface area (Å²) in [4.78, 5) is 0. The molecule has 3 heteroatoms. The number of aliphatic hydroxyl groups excluding tert-OH is 2. The number of aliphatic hydroxyl groups is 2. The summed E-state index contributed by atoms with van der Waals surface area (Å²) in [6, 6.07) is 1.93. The van der Waals surface area contributed by atoms with Crippen molar-refractivity contribution in [3.63, 3.8) is 0 Å². The quantitative estimate of drug-likeness (QED) is 0.754. The Hall–Kier alpha value is -0.800. The van der Waals surface area contributed by atoms with Gasteiger partial charge in [0.15, 0.2) is 0 Å². The van der Waals surface area contributed by atoms with Crippen LogP contribution in [0.4, 0.5) is 0 Å². The van der Waals surface area contributed by atoms with Crippen molar-refractivity contribution in [2.75, 3.05) is 0 Å². The second-order valence-corrected chi connectivity index (χ2v) is 3.74. The molecule has 0 radical (unpaired) electrons. The fourth-order valence-electron chi connectivity index (χ4n) is 1.37. The van der Waals surface area contributed by atoms with Crippen molar-refractivity contribution < 1.29 is 10.2 Å². The average molecular weight is 197 g/mol. The van der Waals surface area contributed by atoms with Crippen molar-refractivity contribution in [3.8, 4) is 0 Å². The van der Waals surface area contributed by atoms with Crippen LogP contribution in [-0.4, -0.2) is 20.9 Å². The SMILES string of the molecule is CCC(O)c1ccn(CCC(C)O)c1. The maximum Gasteiger partial charge on any atom is 0.0802 e. The molecule has 2 N–H and O–H groups in total. The van der Waals surface area contributed by atoms with Crippen molar-refractivity contribution in [2.24, 2.45) is 0 Å². The second-order valence-electron chi connectivity index (χ2n) is 3.74. The minimum atomic E-state index is -0.359. The molecule has 1 rings (SSSR count). The highest BCUT2D eigenvalue weighted by Crippen LogP contribution is 2.16. The molecular formula is C11H19NO2. The zero-order valence-electron chi connectivity index (χ0n) is 8.85. The first kappa shape index (κ1) is 11.3. The Morgan fingerprint density at radius 1 is 1.43 bits per heavy atom. The molecule has 80 valence electrons. The van der Waals surface area contributed by atoms with Crippen LogP contribution < -0.4 is 0 Å². The smallest absolute Gasteiger partial charge is 0.0802 e. The molecule has 0 amide bonds. The van der Waals surface area contributed by atoms with Crippen molar-refractivity contribution in [2.45, 2.75) is 45.4 Å².